The molecular formula is C15H24N2O3. The molecule has 1 aliphatic heterocycles. The van der Waals surface area contributed by atoms with E-state index in [1.54, 1.807) is 14.2 Å². The molecule has 0 bridgehead atoms. The van der Waals surface area contributed by atoms with Crippen LogP contribution in [-0.4, -0.2) is 52.0 Å². The molecule has 0 amide bonds. The molecule has 2 rings (SSSR count). The molecule has 2 N–H and O–H groups in total. The van der Waals surface area contributed by atoms with Crippen LogP contribution in [0.25, 0.3) is 0 Å². The van der Waals surface area contributed by atoms with Crippen LogP contribution in [0.2, 0.25) is 0 Å². The minimum Gasteiger partial charge on any atom is -0.493 e. The van der Waals surface area contributed by atoms with Gasteiger partial charge in [-0.2, -0.15) is 0 Å². The Morgan fingerprint density at radius 3 is 2.45 bits per heavy atom. The Hall–Kier alpha value is -1.30. The maximum absolute atomic E-state index is 5.44. The van der Waals surface area contributed by atoms with Crippen LogP contribution in [-0.2, 0) is 17.7 Å². The summed E-state index contributed by atoms with van der Waals surface area (Å²) >= 11 is 0. The first-order chi connectivity index (χ1) is 9.78. The van der Waals surface area contributed by atoms with Crippen molar-refractivity contribution in [3.8, 4) is 11.5 Å². The van der Waals surface area contributed by atoms with E-state index in [1.807, 2.05) is 0 Å². The van der Waals surface area contributed by atoms with Crippen LogP contribution in [0.5, 0.6) is 11.5 Å². The molecule has 112 valence electrons. The largest absolute Gasteiger partial charge is 0.493 e. The lowest BCUT2D eigenvalue weighted by Crippen LogP contribution is -2.33. The number of nitrogens with zero attached hydrogens (tertiary/aromatic N) is 1. The molecule has 0 spiro atoms. The Morgan fingerprint density at radius 1 is 1.10 bits per heavy atom. The van der Waals surface area contributed by atoms with Gasteiger partial charge < -0.3 is 19.9 Å². The van der Waals surface area contributed by atoms with Gasteiger partial charge in [0.2, 0.25) is 0 Å². The lowest BCUT2D eigenvalue weighted by Gasteiger charge is -2.29. The number of nitrogens with two attached hydrogens (primary N) is 1. The van der Waals surface area contributed by atoms with E-state index in [-0.39, 0.29) is 0 Å². The van der Waals surface area contributed by atoms with E-state index in [0.717, 1.165) is 44.2 Å². The van der Waals surface area contributed by atoms with Gasteiger partial charge >= 0.3 is 0 Å². The van der Waals surface area contributed by atoms with Crippen molar-refractivity contribution in [1.29, 1.82) is 0 Å². The van der Waals surface area contributed by atoms with Crippen LogP contribution in [0, 0.1) is 0 Å². The predicted molar refractivity (Wildman–Crippen MR) is 78.4 cm³/mol. The molecule has 0 radical (unpaired) electrons. The first kappa shape index (κ1) is 15.1. The van der Waals surface area contributed by atoms with Crippen molar-refractivity contribution in [3.05, 3.63) is 23.3 Å². The van der Waals surface area contributed by atoms with E-state index in [1.165, 1.54) is 11.1 Å². The molecule has 1 heterocycles. The SMILES string of the molecule is COc1cc2c(cc1OC)CN(CCOCCN)CC2. The molecule has 5 heteroatoms. The van der Waals surface area contributed by atoms with Crippen LogP contribution < -0.4 is 15.2 Å². The fourth-order valence-electron chi connectivity index (χ4n) is 2.51. The normalized spacial score (nSPS) is 14.9. The zero-order valence-electron chi connectivity index (χ0n) is 12.4. The molecule has 1 aliphatic rings. The summed E-state index contributed by atoms with van der Waals surface area (Å²) in [4.78, 5) is 2.39. The van der Waals surface area contributed by atoms with Crippen LogP contribution in [0.15, 0.2) is 12.1 Å². The number of hydrogen-bond donors (Lipinski definition) is 1. The summed E-state index contributed by atoms with van der Waals surface area (Å²) in [5, 5.41) is 0. The average molecular weight is 280 g/mol. The second-order valence-electron chi connectivity index (χ2n) is 4.90. The van der Waals surface area contributed by atoms with Gasteiger partial charge in [-0.05, 0) is 29.7 Å². The molecule has 0 atom stereocenters. The van der Waals surface area contributed by atoms with Crippen molar-refractivity contribution in [2.45, 2.75) is 13.0 Å². The summed E-state index contributed by atoms with van der Waals surface area (Å²) in [7, 11) is 3.35. The zero-order valence-corrected chi connectivity index (χ0v) is 12.4. The third kappa shape index (κ3) is 3.62. The third-order valence-electron chi connectivity index (χ3n) is 3.61. The lowest BCUT2D eigenvalue weighted by molar-refractivity contribution is 0.104. The highest BCUT2D eigenvalue weighted by Gasteiger charge is 2.19. The highest BCUT2D eigenvalue weighted by atomic mass is 16.5. The Kier molecular flexibility index (Phi) is 5.64. The Morgan fingerprint density at radius 2 is 1.80 bits per heavy atom. The molecule has 0 fully saturated rings. The number of hydrogen-bond acceptors (Lipinski definition) is 5. The number of rotatable bonds is 7. The minimum atomic E-state index is 0.583. The Balaban J connectivity index is 1.98. The van der Waals surface area contributed by atoms with Crippen LogP contribution in [0.3, 0.4) is 0 Å². The van der Waals surface area contributed by atoms with Crippen molar-refractivity contribution in [3.63, 3.8) is 0 Å². The van der Waals surface area contributed by atoms with Crippen LogP contribution >= 0.6 is 0 Å². The minimum absolute atomic E-state index is 0.583. The third-order valence-corrected chi connectivity index (χ3v) is 3.61. The monoisotopic (exact) mass is 280 g/mol. The molecular weight excluding hydrogens is 256 g/mol. The number of ether oxygens (including phenoxy) is 3. The van der Waals surface area contributed by atoms with Crippen molar-refractivity contribution in [2.24, 2.45) is 5.73 Å². The summed E-state index contributed by atoms with van der Waals surface area (Å²) in [6.07, 6.45) is 1.03. The van der Waals surface area contributed by atoms with Gasteiger partial charge in [-0.25, -0.2) is 0 Å². The summed E-state index contributed by atoms with van der Waals surface area (Å²) < 4.78 is 16.2. The van der Waals surface area contributed by atoms with Gasteiger partial charge in [0.15, 0.2) is 11.5 Å². The van der Waals surface area contributed by atoms with Gasteiger partial charge in [0.25, 0.3) is 0 Å². The first-order valence-electron chi connectivity index (χ1n) is 7.02. The van der Waals surface area contributed by atoms with E-state index < -0.39 is 0 Å². The zero-order chi connectivity index (χ0) is 14.4. The van der Waals surface area contributed by atoms with E-state index in [2.05, 4.69) is 17.0 Å². The summed E-state index contributed by atoms with van der Waals surface area (Å²) in [5.74, 6) is 1.61. The fraction of sp³-hybridized carbons (Fsp3) is 0.600. The van der Waals surface area contributed by atoms with Crippen molar-refractivity contribution < 1.29 is 14.2 Å². The smallest absolute Gasteiger partial charge is 0.161 e. The summed E-state index contributed by atoms with van der Waals surface area (Å²) in [5.41, 5.74) is 8.07. The van der Waals surface area contributed by atoms with E-state index >= 15 is 0 Å². The van der Waals surface area contributed by atoms with E-state index in [0.29, 0.717) is 13.2 Å². The van der Waals surface area contributed by atoms with Gasteiger partial charge in [0, 0.05) is 26.2 Å². The van der Waals surface area contributed by atoms with Gasteiger partial charge in [0.05, 0.1) is 27.4 Å². The lowest BCUT2D eigenvalue weighted by atomic mass is 9.99. The molecule has 0 aliphatic carbocycles. The van der Waals surface area contributed by atoms with Gasteiger partial charge in [-0.3, -0.25) is 4.90 Å². The quantitative estimate of drug-likeness (QED) is 0.756. The maximum atomic E-state index is 5.44. The van der Waals surface area contributed by atoms with Crippen LogP contribution in [0.1, 0.15) is 11.1 Å². The molecule has 1 aromatic carbocycles. The number of methoxy groups -OCH3 is 2. The van der Waals surface area contributed by atoms with E-state index in [4.69, 9.17) is 19.9 Å². The molecule has 5 nitrogen and oxygen atoms in total. The predicted octanol–water partition coefficient (Wildman–Crippen LogP) is 1.04. The summed E-state index contributed by atoms with van der Waals surface area (Å²) in [6.45, 7) is 4.87. The topological polar surface area (TPSA) is 57.0 Å². The Bertz CT molecular complexity index is 437. The highest BCUT2D eigenvalue weighted by Crippen LogP contribution is 2.33. The second-order valence-corrected chi connectivity index (χ2v) is 4.90. The number of fused-ring (bicyclic) bond motifs is 1. The van der Waals surface area contributed by atoms with E-state index in [9.17, 15) is 0 Å². The van der Waals surface area contributed by atoms with Gasteiger partial charge in [-0.1, -0.05) is 0 Å². The standard InChI is InChI=1S/C15H24N2O3/c1-18-14-9-12-3-5-17(6-8-20-7-4-16)11-13(12)10-15(14)19-2/h9-10H,3-8,11,16H2,1-2H3. The molecule has 0 saturated heterocycles. The van der Waals surface area contributed by atoms with Gasteiger partial charge in [-0.15, -0.1) is 0 Å². The van der Waals surface area contributed by atoms with Crippen molar-refractivity contribution in [1.82, 2.24) is 4.90 Å². The van der Waals surface area contributed by atoms with Crippen LogP contribution in [0.4, 0.5) is 0 Å². The van der Waals surface area contributed by atoms with Crippen molar-refractivity contribution >= 4 is 0 Å². The molecule has 0 saturated carbocycles. The van der Waals surface area contributed by atoms with Crippen molar-refractivity contribution in [2.75, 3.05) is 47.1 Å². The first-order valence-corrected chi connectivity index (χ1v) is 7.02. The fourth-order valence-corrected chi connectivity index (χ4v) is 2.51. The molecule has 0 aromatic heterocycles. The maximum Gasteiger partial charge on any atom is 0.161 e. The highest BCUT2D eigenvalue weighted by molar-refractivity contribution is 5.48. The molecule has 0 unspecified atom stereocenters. The average Bonchev–Trinajstić information content (AvgIpc) is 2.50. The Labute approximate surface area is 120 Å². The summed E-state index contributed by atoms with van der Waals surface area (Å²) in [6, 6.07) is 4.18. The molecule has 20 heavy (non-hydrogen) atoms. The number of benzene rings is 1. The van der Waals surface area contributed by atoms with Gasteiger partial charge in [0.1, 0.15) is 0 Å². The second kappa shape index (κ2) is 7.47. The molecule has 1 aromatic rings.